The first-order chi connectivity index (χ1) is 10.0. The SMILES string of the molecule is CCn1c(SCC(=O)O)nnc1-c1ccc(C(C)C)cc1. The fourth-order valence-electron chi connectivity index (χ4n) is 2.04. The Labute approximate surface area is 128 Å². The van der Waals surface area contributed by atoms with Crippen molar-refractivity contribution in [1.29, 1.82) is 0 Å². The number of thioether (sulfide) groups is 1. The molecule has 0 spiro atoms. The van der Waals surface area contributed by atoms with E-state index in [1.807, 2.05) is 23.6 Å². The zero-order chi connectivity index (χ0) is 15.4. The van der Waals surface area contributed by atoms with Crippen molar-refractivity contribution in [3.05, 3.63) is 29.8 Å². The summed E-state index contributed by atoms with van der Waals surface area (Å²) < 4.78 is 1.94. The molecule has 112 valence electrons. The summed E-state index contributed by atoms with van der Waals surface area (Å²) in [5.41, 5.74) is 2.28. The van der Waals surface area contributed by atoms with Crippen molar-refractivity contribution in [2.45, 2.75) is 38.4 Å². The summed E-state index contributed by atoms with van der Waals surface area (Å²) in [7, 11) is 0. The Morgan fingerprint density at radius 1 is 1.29 bits per heavy atom. The number of rotatable bonds is 6. The van der Waals surface area contributed by atoms with Gasteiger partial charge in [-0.05, 0) is 18.4 Å². The fraction of sp³-hybridized carbons (Fsp3) is 0.400. The van der Waals surface area contributed by atoms with Gasteiger partial charge in [0.2, 0.25) is 0 Å². The van der Waals surface area contributed by atoms with E-state index in [9.17, 15) is 4.79 Å². The Hall–Kier alpha value is -1.82. The van der Waals surface area contributed by atoms with E-state index in [0.29, 0.717) is 17.6 Å². The summed E-state index contributed by atoms with van der Waals surface area (Å²) in [6, 6.07) is 8.27. The zero-order valence-electron chi connectivity index (χ0n) is 12.4. The van der Waals surface area contributed by atoms with Crippen molar-refractivity contribution in [1.82, 2.24) is 14.8 Å². The standard InChI is InChI=1S/C15H19N3O2S/c1-4-18-14(16-17-15(18)21-9-13(19)20)12-7-5-11(6-8-12)10(2)3/h5-8,10H,4,9H2,1-3H3,(H,19,20). The minimum absolute atomic E-state index is 0.00950. The number of hydrogen-bond acceptors (Lipinski definition) is 4. The normalized spacial score (nSPS) is 11.0. The lowest BCUT2D eigenvalue weighted by Gasteiger charge is -2.08. The molecule has 0 saturated carbocycles. The van der Waals surface area contributed by atoms with Gasteiger partial charge in [0.1, 0.15) is 0 Å². The second-order valence-electron chi connectivity index (χ2n) is 5.01. The van der Waals surface area contributed by atoms with Crippen molar-refractivity contribution in [2.75, 3.05) is 5.75 Å². The summed E-state index contributed by atoms with van der Waals surface area (Å²) >= 11 is 1.19. The number of carboxylic acids is 1. The molecule has 0 aliphatic carbocycles. The van der Waals surface area contributed by atoms with Crippen LogP contribution in [0.1, 0.15) is 32.3 Å². The van der Waals surface area contributed by atoms with Gasteiger partial charge in [0.25, 0.3) is 0 Å². The quantitative estimate of drug-likeness (QED) is 0.830. The third kappa shape index (κ3) is 3.64. The molecule has 0 aliphatic heterocycles. The topological polar surface area (TPSA) is 68.0 Å². The van der Waals surface area contributed by atoms with Gasteiger partial charge >= 0.3 is 5.97 Å². The van der Waals surface area contributed by atoms with E-state index >= 15 is 0 Å². The molecule has 0 radical (unpaired) electrons. The molecule has 0 saturated heterocycles. The van der Waals surface area contributed by atoms with Gasteiger partial charge in [-0.25, -0.2) is 0 Å². The molecule has 5 nitrogen and oxygen atoms in total. The number of aliphatic carboxylic acids is 1. The molecule has 21 heavy (non-hydrogen) atoms. The predicted octanol–water partition coefficient (Wildman–Crippen LogP) is 3.27. The molecular weight excluding hydrogens is 286 g/mol. The van der Waals surface area contributed by atoms with Gasteiger partial charge in [0, 0.05) is 12.1 Å². The number of benzene rings is 1. The highest BCUT2D eigenvalue weighted by Crippen LogP contribution is 2.25. The number of nitrogens with zero attached hydrogens (tertiary/aromatic N) is 3. The van der Waals surface area contributed by atoms with Gasteiger partial charge in [-0.1, -0.05) is 49.9 Å². The van der Waals surface area contributed by atoms with Gasteiger partial charge in [-0.15, -0.1) is 10.2 Å². The first kappa shape index (κ1) is 15.6. The van der Waals surface area contributed by atoms with Crippen LogP contribution in [0.25, 0.3) is 11.4 Å². The van der Waals surface area contributed by atoms with Crippen LogP contribution in [-0.2, 0) is 11.3 Å². The molecule has 6 heteroatoms. The van der Waals surface area contributed by atoms with Crippen molar-refractivity contribution in [2.24, 2.45) is 0 Å². The molecular formula is C15H19N3O2S. The van der Waals surface area contributed by atoms with Crippen molar-refractivity contribution in [3.8, 4) is 11.4 Å². The summed E-state index contributed by atoms with van der Waals surface area (Å²) in [5, 5.41) is 17.7. The smallest absolute Gasteiger partial charge is 0.313 e. The Morgan fingerprint density at radius 3 is 2.48 bits per heavy atom. The van der Waals surface area contributed by atoms with Crippen molar-refractivity contribution < 1.29 is 9.90 Å². The molecule has 0 unspecified atom stereocenters. The van der Waals surface area contributed by atoms with Crippen LogP contribution in [0, 0.1) is 0 Å². The maximum absolute atomic E-state index is 10.7. The summed E-state index contributed by atoms with van der Waals surface area (Å²) in [4.78, 5) is 10.7. The van der Waals surface area contributed by atoms with Gasteiger partial charge in [-0.2, -0.15) is 0 Å². The van der Waals surface area contributed by atoms with Crippen LogP contribution in [0.2, 0.25) is 0 Å². The molecule has 1 N–H and O–H groups in total. The van der Waals surface area contributed by atoms with Crippen molar-refractivity contribution in [3.63, 3.8) is 0 Å². The maximum Gasteiger partial charge on any atom is 0.313 e. The van der Waals surface area contributed by atoms with Crippen LogP contribution >= 0.6 is 11.8 Å². The molecule has 0 atom stereocenters. The van der Waals surface area contributed by atoms with E-state index in [1.54, 1.807) is 0 Å². The van der Waals surface area contributed by atoms with E-state index in [4.69, 9.17) is 5.11 Å². The lowest BCUT2D eigenvalue weighted by Crippen LogP contribution is -2.03. The van der Waals surface area contributed by atoms with Crippen molar-refractivity contribution >= 4 is 17.7 Å². The van der Waals surface area contributed by atoms with Gasteiger partial charge in [0.05, 0.1) is 5.75 Å². The summed E-state index contributed by atoms with van der Waals surface area (Å²) in [5.74, 6) is 0.406. The third-order valence-corrected chi connectivity index (χ3v) is 4.14. The molecule has 1 aromatic carbocycles. The maximum atomic E-state index is 10.7. The molecule has 0 fully saturated rings. The minimum Gasteiger partial charge on any atom is -0.481 e. The van der Waals surface area contributed by atoms with E-state index in [0.717, 1.165) is 11.4 Å². The molecule has 2 rings (SSSR count). The fourth-order valence-corrected chi connectivity index (χ4v) is 2.76. The Bertz CT molecular complexity index is 620. The van der Waals surface area contributed by atoms with E-state index in [2.05, 4.69) is 36.2 Å². The minimum atomic E-state index is -0.853. The highest BCUT2D eigenvalue weighted by atomic mass is 32.2. The van der Waals surface area contributed by atoms with Gasteiger partial charge in [0.15, 0.2) is 11.0 Å². The van der Waals surface area contributed by atoms with Crippen LogP contribution in [0.5, 0.6) is 0 Å². The summed E-state index contributed by atoms with van der Waals surface area (Å²) in [6.07, 6.45) is 0. The van der Waals surface area contributed by atoms with E-state index in [-0.39, 0.29) is 5.75 Å². The Kier molecular flexibility index (Phi) is 5.01. The van der Waals surface area contributed by atoms with E-state index in [1.165, 1.54) is 17.3 Å². The van der Waals surface area contributed by atoms with Gasteiger partial charge in [-0.3, -0.25) is 4.79 Å². The number of hydrogen-bond donors (Lipinski definition) is 1. The van der Waals surface area contributed by atoms with Gasteiger partial charge < -0.3 is 9.67 Å². The van der Waals surface area contributed by atoms with Crippen LogP contribution in [0.3, 0.4) is 0 Å². The lowest BCUT2D eigenvalue weighted by atomic mass is 10.0. The molecule has 0 amide bonds. The third-order valence-electron chi connectivity index (χ3n) is 3.19. The largest absolute Gasteiger partial charge is 0.481 e. The zero-order valence-corrected chi connectivity index (χ0v) is 13.2. The molecule has 1 aromatic heterocycles. The first-order valence-electron chi connectivity index (χ1n) is 6.91. The average molecular weight is 305 g/mol. The number of carboxylic acid groups (broad SMARTS) is 1. The number of aromatic nitrogens is 3. The lowest BCUT2D eigenvalue weighted by molar-refractivity contribution is -0.133. The second-order valence-corrected chi connectivity index (χ2v) is 5.95. The van der Waals surface area contributed by atoms with E-state index < -0.39 is 5.97 Å². The molecule has 0 bridgehead atoms. The molecule has 0 aliphatic rings. The van der Waals surface area contributed by atoms with Crippen LogP contribution in [-0.4, -0.2) is 31.6 Å². The monoisotopic (exact) mass is 305 g/mol. The first-order valence-corrected chi connectivity index (χ1v) is 7.89. The van der Waals surface area contributed by atoms with Crippen LogP contribution in [0.4, 0.5) is 0 Å². The highest BCUT2D eigenvalue weighted by molar-refractivity contribution is 7.99. The Morgan fingerprint density at radius 2 is 1.95 bits per heavy atom. The average Bonchev–Trinajstić information content (AvgIpc) is 2.88. The number of carbonyl (C=O) groups is 1. The summed E-state index contributed by atoms with van der Waals surface area (Å²) in [6.45, 7) is 7.02. The highest BCUT2D eigenvalue weighted by Gasteiger charge is 2.14. The van der Waals surface area contributed by atoms with Crippen LogP contribution in [0.15, 0.2) is 29.4 Å². The second kappa shape index (κ2) is 6.76. The molecule has 2 aromatic rings. The van der Waals surface area contributed by atoms with Crippen LogP contribution < -0.4 is 0 Å². The Balaban J connectivity index is 2.29. The molecule has 1 heterocycles. The predicted molar refractivity (Wildman–Crippen MR) is 83.6 cm³/mol.